The van der Waals surface area contributed by atoms with Gasteiger partial charge in [-0.2, -0.15) is 8.78 Å². The van der Waals surface area contributed by atoms with E-state index >= 15 is 0 Å². The molecule has 0 heterocycles. The molecule has 0 spiro atoms. The van der Waals surface area contributed by atoms with Crippen molar-refractivity contribution < 1.29 is 27.1 Å². The molecule has 1 atom stereocenters. The van der Waals surface area contributed by atoms with Crippen LogP contribution in [-0.4, -0.2) is 37.0 Å². The third-order valence-corrected chi connectivity index (χ3v) is 2.65. The molecule has 0 bridgehead atoms. The highest BCUT2D eigenvalue weighted by Crippen LogP contribution is 2.07. The number of nitrogens with two attached hydrogens (primary N) is 1. The number of rotatable bonds is 5. The monoisotopic (exact) mass is 217 g/mol. The number of halogens is 2. The summed E-state index contributed by atoms with van der Waals surface area (Å²) in [6.07, 6.45) is -0.512. The summed E-state index contributed by atoms with van der Waals surface area (Å²) in [6.45, 7) is 0. The van der Waals surface area contributed by atoms with Gasteiger partial charge in [0.05, 0.1) is 5.75 Å². The van der Waals surface area contributed by atoms with Crippen LogP contribution in [-0.2, 0) is 14.6 Å². The van der Waals surface area contributed by atoms with E-state index in [2.05, 4.69) is 0 Å². The molecule has 0 unspecified atom stereocenters. The first-order valence-corrected chi connectivity index (χ1v) is 4.97. The third-order valence-electron chi connectivity index (χ3n) is 1.30. The summed E-state index contributed by atoms with van der Waals surface area (Å²) in [5.41, 5.74) is 4.91. The standard InChI is InChI=1S/C5H9F2NO4S/c6-5(7)13(11,12)2-1-3(8)4(9)10/h3,5H,1-2,8H2,(H,9,10)/t3-/m0/s1. The Bertz CT molecular complexity index is 276. The van der Waals surface area contributed by atoms with Crippen molar-refractivity contribution in [3.05, 3.63) is 0 Å². The Kier molecular flexibility index (Phi) is 4.21. The summed E-state index contributed by atoms with van der Waals surface area (Å²) >= 11 is 0. The SMILES string of the molecule is N[C@@H](CCS(=O)(=O)C(F)F)C(=O)O. The second-order valence-corrected chi connectivity index (χ2v) is 4.45. The summed E-state index contributed by atoms with van der Waals surface area (Å²) < 4.78 is 44.3. The second kappa shape index (κ2) is 4.47. The fourth-order valence-electron chi connectivity index (χ4n) is 0.504. The topological polar surface area (TPSA) is 97.5 Å². The molecule has 78 valence electrons. The van der Waals surface area contributed by atoms with E-state index in [4.69, 9.17) is 10.8 Å². The maximum atomic E-state index is 11.7. The lowest BCUT2D eigenvalue weighted by atomic mass is 10.2. The maximum absolute atomic E-state index is 11.7. The van der Waals surface area contributed by atoms with Crippen LogP contribution in [0.5, 0.6) is 0 Å². The summed E-state index contributed by atoms with van der Waals surface area (Å²) in [5, 5.41) is 8.21. The van der Waals surface area contributed by atoms with Crippen molar-refractivity contribution >= 4 is 15.8 Å². The number of alkyl halides is 2. The molecule has 0 aliphatic rings. The molecule has 0 rings (SSSR count). The van der Waals surface area contributed by atoms with Gasteiger partial charge in [-0.3, -0.25) is 4.79 Å². The molecule has 13 heavy (non-hydrogen) atoms. The molecule has 0 aliphatic carbocycles. The average Bonchev–Trinajstić information content (AvgIpc) is 1.99. The molecule has 5 nitrogen and oxygen atoms in total. The first kappa shape index (κ1) is 12.2. The summed E-state index contributed by atoms with van der Waals surface area (Å²) in [5.74, 6) is -5.81. The average molecular weight is 217 g/mol. The van der Waals surface area contributed by atoms with E-state index in [1.165, 1.54) is 0 Å². The van der Waals surface area contributed by atoms with E-state index in [1.54, 1.807) is 0 Å². The van der Waals surface area contributed by atoms with Crippen LogP contribution in [0.15, 0.2) is 0 Å². The number of aliphatic carboxylic acids is 1. The van der Waals surface area contributed by atoms with Crippen LogP contribution in [0.3, 0.4) is 0 Å². The predicted molar refractivity (Wildman–Crippen MR) is 40.0 cm³/mol. The number of carboxylic acid groups (broad SMARTS) is 1. The van der Waals surface area contributed by atoms with Gasteiger partial charge in [0.15, 0.2) is 0 Å². The van der Waals surface area contributed by atoms with E-state index in [0.717, 1.165) is 0 Å². The van der Waals surface area contributed by atoms with Gasteiger partial charge in [-0.1, -0.05) is 0 Å². The maximum Gasteiger partial charge on any atom is 0.336 e. The minimum atomic E-state index is -4.50. The van der Waals surface area contributed by atoms with Crippen LogP contribution in [0.4, 0.5) is 8.78 Å². The number of hydrogen-bond donors (Lipinski definition) is 2. The van der Waals surface area contributed by atoms with Crippen molar-refractivity contribution in [2.75, 3.05) is 5.75 Å². The van der Waals surface area contributed by atoms with Crippen LogP contribution >= 0.6 is 0 Å². The molecular formula is C5H9F2NO4S. The number of hydrogen-bond acceptors (Lipinski definition) is 4. The van der Waals surface area contributed by atoms with Crippen molar-refractivity contribution in [2.45, 2.75) is 18.2 Å². The van der Waals surface area contributed by atoms with Gasteiger partial charge in [0.1, 0.15) is 6.04 Å². The Labute approximate surface area is 73.5 Å². The summed E-state index contributed by atoms with van der Waals surface area (Å²) in [6, 6.07) is -1.42. The van der Waals surface area contributed by atoms with Crippen molar-refractivity contribution in [1.82, 2.24) is 0 Å². The zero-order valence-corrected chi connectivity index (χ0v) is 7.30. The molecule has 0 aromatic heterocycles. The van der Waals surface area contributed by atoms with Gasteiger partial charge in [-0.15, -0.1) is 0 Å². The quantitative estimate of drug-likeness (QED) is 0.642. The molecule has 0 amide bonds. The highest BCUT2D eigenvalue weighted by atomic mass is 32.2. The van der Waals surface area contributed by atoms with E-state index in [-0.39, 0.29) is 0 Å². The van der Waals surface area contributed by atoms with Gasteiger partial charge in [0.2, 0.25) is 9.84 Å². The molecule has 0 fully saturated rings. The van der Waals surface area contributed by atoms with E-state index in [9.17, 15) is 22.0 Å². The predicted octanol–water partition coefficient (Wildman–Crippen LogP) is -0.574. The van der Waals surface area contributed by atoms with Crippen LogP contribution in [0.1, 0.15) is 6.42 Å². The fourth-order valence-corrected chi connectivity index (χ4v) is 1.26. The normalized spacial score (nSPS) is 14.5. The van der Waals surface area contributed by atoms with E-state index in [1.807, 2.05) is 0 Å². The van der Waals surface area contributed by atoms with Gasteiger partial charge in [-0.05, 0) is 6.42 Å². The van der Waals surface area contributed by atoms with Crippen LogP contribution in [0.25, 0.3) is 0 Å². The third kappa shape index (κ3) is 4.13. The molecule has 0 aromatic rings. The minimum absolute atomic E-state index is 0.512. The van der Waals surface area contributed by atoms with Crippen molar-refractivity contribution in [2.24, 2.45) is 5.73 Å². The van der Waals surface area contributed by atoms with Gasteiger partial charge >= 0.3 is 11.7 Å². The second-order valence-electron chi connectivity index (χ2n) is 2.36. The minimum Gasteiger partial charge on any atom is -0.480 e. The molecular weight excluding hydrogens is 208 g/mol. The van der Waals surface area contributed by atoms with Gasteiger partial charge in [0.25, 0.3) is 0 Å². The number of carboxylic acids is 1. The molecule has 0 saturated carbocycles. The molecule has 0 radical (unpaired) electrons. The number of carbonyl (C=O) groups is 1. The van der Waals surface area contributed by atoms with E-state index in [0.29, 0.717) is 0 Å². The highest BCUT2D eigenvalue weighted by Gasteiger charge is 2.25. The Morgan fingerprint density at radius 1 is 1.46 bits per heavy atom. The lowest BCUT2D eigenvalue weighted by molar-refractivity contribution is -0.138. The lowest BCUT2D eigenvalue weighted by Crippen LogP contribution is -2.33. The van der Waals surface area contributed by atoms with Crippen molar-refractivity contribution in [1.29, 1.82) is 0 Å². The van der Waals surface area contributed by atoms with Crippen LogP contribution < -0.4 is 5.73 Å². The Morgan fingerprint density at radius 2 is 1.92 bits per heavy atom. The smallest absolute Gasteiger partial charge is 0.336 e. The van der Waals surface area contributed by atoms with Crippen molar-refractivity contribution in [3.8, 4) is 0 Å². The summed E-state index contributed by atoms with van der Waals surface area (Å²) in [7, 11) is -4.50. The van der Waals surface area contributed by atoms with Crippen LogP contribution in [0.2, 0.25) is 0 Å². The van der Waals surface area contributed by atoms with Crippen molar-refractivity contribution in [3.63, 3.8) is 0 Å². The number of sulfone groups is 1. The Morgan fingerprint density at radius 3 is 2.23 bits per heavy atom. The van der Waals surface area contributed by atoms with E-state index < -0.39 is 39.8 Å². The van der Waals surface area contributed by atoms with Crippen LogP contribution in [0, 0.1) is 0 Å². The highest BCUT2D eigenvalue weighted by molar-refractivity contribution is 7.91. The molecule has 0 aliphatic heterocycles. The molecule has 8 heteroatoms. The molecule has 0 aromatic carbocycles. The Hall–Kier alpha value is -0.760. The fraction of sp³-hybridized carbons (Fsp3) is 0.800. The Balaban J connectivity index is 4.11. The molecule has 3 N–H and O–H groups in total. The lowest BCUT2D eigenvalue weighted by Gasteiger charge is -2.05. The molecule has 0 saturated heterocycles. The van der Waals surface area contributed by atoms with Gasteiger partial charge in [0, 0.05) is 0 Å². The summed E-state index contributed by atoms with van der Waals surface area (Å²) in [4.78, 5) is 10.1. The zero-order chi connectivity index (χ0) is 10.6. The van der Waals surface area contributed by atoms with Gasteiger partial charge in [-0.25, -0.2) is 8.42 Å². The first-order valence-electron chi connectivity index (χ1n) is 3.25. The van der Waals surface area contributed by atoms with Gasteiger partial charge < -0.3 is 10.8 Å². The largest absolute Gasteiger partial charge is 0.480 e. The zero-order valence-electron chi connectivity index (χ0n) is 6.48. The first-order chi connectivity index (χ1) is 5.77.